The maximum atomic E-state index is 12.3. The Hall–Kier alpha value is -4.51. The van der Waals surface area contributed by atoms with Gasteiger partial charge in [-0.25, -0.2) is 4.52 Å². The van der Waals surface area contributed by atoms with Gasteiger partial charge in [0.15, 0.2) is 5.69 Å². The summed E-state index contributed by atoms with van der Waals surface area (Å²) in [7, 11) is 0. The maximum absolute atomic E-state index is 12.3. The normalized spacial score (nSPS) is 15.5. The zero-order valence-corrected chi connectivity index (χ0v) is 17.7. The fourth-order valence-corrected chi connectivity index (χ4v) is 4.28. The monoisotopic (exact) mass is 439 g/mol. The molecule has 1 unspecified atom stereocenters. The minimum atomic E-state index is -0.592. The molecule has 3 N–H and O–H groups in total. The number of likely N-dealkylation sites (tertiary alicyclic amines) is 1. The summed E-state index contributed by atoms with van der Waals surface area (Å²) in [6.07, 6.45) is 7.74. The Kier molecular flexibility index (Phi) is 5.07. The third-order valence-corrected chi connectivity index (χ3v) is 5.88. The van der Waals surface area contributed by atoms with Gasteiger partial charge in [-0.15, -0.1) is 6.42 Å². The molecule has 1 atom stereocenters. The Balaban J connectivity index is 1.47. The number of para-hydroxylation sites is 1. The van der Waals surface area contributed by atoms with Crippen LogP contribution in [-0.4, -0.2) is 44.4 Å². The number of nitrogens with one attached hydrogen (secondary N) is 1. The maximum Gasteiger partial charge on any atom is 0.298 e. The average Bonchev–Trinajstić information content (AvgIpc) is 3.54. The van der Waals surface area contributed by atoms with Gasteiger partial charge in [0.05, 0.1) is 11.9 Å². The molecule has 1 saturated heterocycles. The molecule has 4 aromatic rings. The van der Waals surface area contributed by atoms with Gasteiger partial charge < -0.3 is 20.4 Å². The molecule has 2 aromatic carbocycles. The zero-order valence-electron chi connectivity index (χ0n) is 17.7. The number of ether oxygens (including phenoxy) is 1. The van der Waals surface area contributed by atoms with Crippen LogP contribution >= 0.6 is 0 Å². The summed E-state index contributed by atoms with van der Waals surface area (Å²) in [4.78, 5) is 29.2. The molecule has 0 radical (unpaired) electrons. The number of nitrogens with zero attached hydrogens (tertiary/aromatic N) is 3. The lowest BCUT2D eigenvalue weighted by molar-refractivity contribution is -0.124. The Morgan fingerprint density at radius 2 is 1.85 bits per heavy atom. The summed E-state index contributed by atoms with van der Waals surface area (Å²) in [5.74, 6) is 2.73. The fourth-order valence-electron chi connectivity index (χ4n) is 4.28. The first-order valence-corrected chi connectivity index (χ1v) is 10.5. The summed E-state index contributed by atoms with van der Waals surface area (Å²) >= 11 is 0. The molecule has 0 saturated carbocycles. The summed E-state index contributed by atoms with van der Waals surface area (Å²) in [5.41, 5.74) is 8.94. The molecule has 164 valence electrons. The molecule has 2 amide bonds. The largest absolute Gasteiger partial charge is 0.457 e. The number of primary amides is 1. The molecule has 8 nitrogen and oxygen atoms in total. The highest BCUT2D eigenvalue weighted by atomic mass is 16.5. The SMILES string of the molecule is C#CC(=O)N1CCC(c2cnn3c(C(N)=O)c(-c4ccc(Oc5ccccc5)cc4)[nH]c23)C1. The molecule has 0 aliphatic carbocycles. The first kappa shape index (κ1) is 20.4. The van der Waals surface area contributed by atoms with E-state index >= 15 is 0 Å². The minimum absolute atomic E-state index is 0.0636. The summed E-state index contributed by atoms with van der Waals surface area (Å²) < 4.78 is 7.39. The van der Waals surface area contributed by atoms with E-state index in [0.717, 1.165) is 23.3 Å². The van der Waals surface area contributed by atoms with Gasteiger partial charge in [0.2, 0.25) is 0 Å². The molecule has 1 fully saturated rings. The van der Waals surface area contributed by atoms with E-state index in [1.807, 2.05) is 54.6 Å². The number of H-pyrrole nitrogens is 1. The van der Waals surface area contributed by atoms with Gasteiger partial charge >= 0.3 is 0 Å². The van der Waals surface area contributed by atoms with E-state index in [-0.39, 0.29) is 17.5 Å². The number of carbonyl (C=O) groups is 2. The second kappa shape index (κ2) is 8.20. The number of aromatic amines is 1. The molecule has 1 aliphatic heterocycles. The Bertz CT molecular complexity index is 1380. The van der Waals surface area contributed by atoms with Gasteiger partial charge in [-0.2, -0.15) is 5.10 Å². The van der Waals surface area contributed by atoms with E-state index in [9.17, 15) is 9.59 Å². The summed E-state index contributed by atoms with van der Waals surface area (Å²) in [5, 5.41) is 4.41. The lowest BCUT2D eigenvalue weighted by Crippen LogP contribution is -2.26. The average molecular weight is 439 g/mol. The molecule has 2 aromatic heterocycles. The van der Waals surface area contributed by atoms with E-state index in [1.165, 1.54) is 4.52 Å². The van der Waals surface area contributed by atoms with Crippen LogP contribution in [0.2, 0.25) is 0 Å². The number of fused-ring (bicyclic) bond motifs is 1. The first-order valence-electron chi connectivity index (χ1n) is 10.5. The molecule has 5 rings (SSSR count). The van der Waals surface area contributed by atoms with Crippen LogP contribution in [-0.2, 0) is 4.79 Å². The zero-order chi connectivity index (χ0) is 22.9. The number of aromatic nitrogens is 3. The van der Waals surface area contributed by atoms with E-state index < -0.39 is 5.91 Å². The van der Waals surface area contributed by atoms with Crippen LogP contribution in [0.15, 0.2) is 60.8 Å². The smallest absolute Gasteiger partial charge is 0.298 e. The standard InChI is InChI=1S/C25H21N5O3/c1-2-21(31)29-13-12-17(15-29)20-14-27-30-23(24(26)32)22(28-25(20)30)16-8-10-19(11-9-16)33-18-6-4-3-5-7-18/h1,3-11,14,17,28H,12-13,15H2,(H2,26,32). The Morgan fingerprint density at radius 3 is 2.55 bits per heavy atom. The molecule has 1 aliphatic rings. The number of imidazole rings is 1. The van der Waals surface area contributed by atoms with E-state index in [4.69, 9.17) is 16.9 Å². The molecular formula is C25H21N5O3. The lowest BCUT2D eigenvalue weighted by Gasteiger charge is -2.12. The van der Waals surface area contributed by atoms with Crippen LogP contribution in [0.1, 0.15) is 28.4 Å². The van der Waals surface area contributed by atoms with Crippen molar-refractivity contribution in [1.29, 1.82) is 0 Å². The number of carbonyl (C=O) groups excluding carboxylic acids is 2. The number of rotatable bonds is 5. The van der Waals surface area contributed by atoms with E-state index in [1.54, 1.807) is 11.1 Å². The molecular weight excluding hydrogens is 418 g/mol. The van der Waals surface area contributed by atoms with Crippen molar-refractivity contribution in [2.45, 2.75) is 12.3 Å². The van der Waals surface area contributed by atoms with E-state index in [2.05, 4.69) is 16.0 Å². The summed E-state index contributed by atoms with van der Waals surface area (Å²) in [6.45, 7) is 1.10. The van der Waals surface area contributed by atoms with Gasteiger partial charge in [-0.3, -0.25) is 9.59 Å². The topological polar surface area (TPSA) is 106 Å². The molecule has 0 spiro atoms. The highest BCUT2D eigenvalue weighted by Crippen LogP contribution is 2.33. The van der Waals surface area contributed by atoms with Gasteiger partial charge in [-0.05, 0) is 48.7 Å². The van der Waals surface area contributed by atoms with Crippen molar-refractivity contribution < 1.29 is 14.3 Å². The number of hydrogen-bond acceptors (Lipinski definition) is 4. The van der Waals surface area contributed by atoms with Crippen molar-refractivity contribution in [1.82, 2.24) is 19.5 Å². The van der Waals surface area contributed by atoms with Crippen LogP contribution in [0.3, 0.4) is 0 Å². The van der Waals surface area contributed by atoms with Gasteiger partial charge in [-0.1, -0.05) is 18.2 Å². The van der Waals surface area contributed by atoms with Crippen molar-refractivity contribution in [3.63, 3.8) is 0 Å². The van der Waals surface area contributed by atoms with Gasteiger partial charge in [0.25, 0.3) is 11.8 Å². The van der Waals surface area contributed by atoms with Crippen molar-refractivity contribution >= 4 is 17.5 Å². The van der Waals surface area contributed by atoms with Crippen molar-refractivity contribution in [2.24, 2.45) is 5.73 Å². The van der Waals surface area contributed by atoms with Crippen LogP contribution in [0.5, 0.6) is 11.5 Å². The van der Waals surface area contributed by atoms with Crippen LogP contribution in [0.25, 0.3) is 16.9 Å². The second-order valence-corrected chi connectivity index (χ2v) is 7.89. The Morgan fingerprint density at radius 1 is 1.12 bits per heavy atom. The number of terminal acetylenes is 1. The minimum Gasteiger partial charge on any atom is -0.457 e. The molecule has 0 bridgehead atoms. The quantitative estimate of drug-likeness (QED) is 0.466. The van der Waals surface area contributed by atoms with Crippen LogP contribution in [0.4, 0.5) is 0 Å². The molecule has 8 heteroatoms. The first-order chi connectivity index (χ1) is 16.0. The Labute approximate surface area is 190 Å². The molecule has 33 heavy (non-hydrogen) atoms. The van der Waals surface area contributed by atoms with Crippen molar-refractivity contribution in [2.75, 3.05) is 13.1 Å². The molecule has 3 heterocycles. The third kappa shape index (κ3) is 3.70. The summed E-state index contributed by atoms with van der Waals surface area (Å²) in [6, 6.07) is 16.9. The van der Waals surface area contributed by atoms with Gasteiger partial charge in [0.1, 0.15) is 17.1 Å². The van der Waals surface area contributed by atoms with Crippen molar-refractivity contribution in [3.8, 4) is 35.1 Å². The predicted octanol–water partition coefficient (Wildman–Crippen LogP) is 3.17. The fraction of sp³-hybridized carbons (Fsp3) is 0.160. The van der Waals surface area contributed by atoms with E-state index in [0.29, 0.717) is 30.2 Å². The lowest BCUT2D eigenvalue weighted by atomic mass is 10.0. The second-order valence-electron chi connectivity index (χ2n) is 7.89. The van der Waals surface area contributed by atoms with Crippen LogP contribution < -0.4 is 10.5 Å². The number of hydrogen-bond donors (Lipinski definition) is 2. The highest BCUT2D eigenvalue weighted by molar-refractivity contribution is 5.98. The van der Waals surface area contributed by atoms with Crippen LogP contribution in [0, 0.1) is 12.3 Å². The highest BCUT2D eigenvalue weighted by Gasteiger charge is 2.30. The van der Waals surface area contributed by atoms with Crippen molar-refractivity contribution in [3.05, 3.63) is 72.1 Å². The van der Waals surface area contributed by atoms with Gasteiger partial charge in [0, 0.05) is 30.1 Å². The number of amides is 2. The number of nitrogens with two attached hydrogens (primary N) is 1. The predicted molar refractivity (Wildman–Crippen MR) is 123 cm³/mol. The number of benzene rings is 2. The third-order valence-electron chi connectivity index (χ3n) is 5.88.